The van der Waals surface area contributed by atoms with Crippen molar-refractivity contribution in [2.75, 3.05) is 39.4 Å². The van der Waals surface area contributed by atoms with Crippen LogP contribution in [0.1, 0.15) is 0 Å². The molecule has 0 fully saturated rings. The summed E-state index contributed by atoms with van der Waals surface area (Å²) in [4.78, 5) is 0. The van der Waals surface area contributed by atoms with Crippen molar-refractivity contribution >= 4 is 0 Å². The lowest BCUT2D eigenvalue weighted by Crippen LogP contribution is -2.43. The van der Waals surface area contributed by atoms with Gasteiger partial charge in [0.05, 0.1) is 0 Å². The number of hydrogen-bond acceptors (Lipinski definition) is 6. The minimum atomic E-state index is 0.0384. The highest BCUT2D eigenvalue weighted by molar-refractivity contribution is 5.41. The predicted molar refractivity (Wildman–Crippen MR) is 98.4 cm³/mol. The first-order chi connectivity index (χ1) is 12.9. The summed E-state index contributed by atoms with van der Waals surface area (Å²) in [5.74, 6) is 3.28. The van der Waals surface area contributed by atoms with Gasteiger partial charge in [-0.25, -0.2) is 0 Å². The van der Waals surface area contributed by atoms with Crippen molar-refractivity contribution in [1.82, 2.24) is 10.6 Å². The van der Waals surface area contributed by atoms with Gasteiger partial charge in [0, 0.05) is 26.2 Å². The average Bonchev–Trinajstić information content (AvgIpc) is 2.70. The van der Waals surface area contributed by atoms with Crippen LogP contribution in [0.5, 0.6) is 23.0 Å². The lowest BCUT2D eigenvalue weighted by atomic mass is 10.2. The second-order valence-corrected chi connectivity index (χ2v) is 6.40. The molecule has 0 spiro atoms. The van der Waals surface area contributed by atoms with Gasteiger partial charge in [-0.15, -0.1) is 0 Å². The normalized spacial score (nSPS) is 20.6. The van der Waals surface area contributed by atoms with E-state index in [2.05, 4.69) is 10.6 Å². The summed E-state index contributed by atoms with van der Waals surface area (Å²) >= 11 is 0. The fraction of sp³-hybridized carbons (Fsp3) is 0.400. The standard InChI is InChI=1S/C20H24N2O4/c1-3-7-19-17(5-1)23-13-15(25-19)11-21-9-10-22-12-16-14-24-18-6-2-4-8-20(18)26-16/h1-8,15-16,21-22H,9-14H2/t15-,16+. The highest BCUT2D eigenvalue weighted by Gasteiger charge is 2.21. The van der Waals surface area contributed by atoms with E-state index in [0.29, 0.717) is 13.2 Å². The zero-order valence-electron chi connectivity index (χ0n) is 14.6. The van der Waals surface area contributed by atoms with E-state index in [9.17, 15) is 0 Å². The Morgan fingerprint density at radius 1 is 0.654 bits per heavy atom. The average molecular weight is 356 g/mol. The van der Waals surface area contributed by atoms with Crippen LogP contribution in [0.2, 0.25) is 0 Å². The van der Waals surface area contributed by atoms with Crippen LogP contribution in [-0.4, -0.2) is 51.6 Å². The quantitative estimate of drug-likeness (QED) is 0.739. The summed E-state index contributed by atoms with van der Waals surface area (Å²) < 4.78 is 23.3. The molecule has 0 bridgehead atoms. The molecular weight excluding hydrogens is 332 g/mol. The minimum absolute atomic E-state index is 0.0384. The van der Waals surface area contributed by atoms with Crippen LogP contribution in [0, 0.1) is 0 Å². The third-order valence-corrected chi connectivity index (χ3v) is 4.36. The predicted octanol–water partition coefficient (Wildman–Crippen LogP) is 1.85. The van der Waals surface area contributed by atoms with E-state index in [1.807, 2.05) is 48.5 Å². The maximum absolute atomic E-state index is 5.92. The zero-order valence-corrected chi connectivity index (χ0v) is 14.6. The van der Waals surface area contributed by atoms with Gasteiger partial charge in [-0.3, -0.25) is 0 Å². The number of hydrogen-bond donors (Lipinski definition) is 2. The van der Waals surface area contributed by atoms with Gasteiger partial charge in [0.2, 0.25) is 0 Å². The summed E-state index contributed by atoms with van der Waals surface area (Å²) in [7, 11) is 0. The second-order valence-electron chi connectivity index (χ2n) is 6.40. The van der Waals surface area contributed by atoms with E-state index in [-0.39, 0.29) is 12.2 Å². The van der Waals surface area contributed by atoms with Crippen molar-refractivity contribution in [3.63, 3.8) is 0 Å². The van der Waals surface area contributed by atoms with Crippen molar-refractivity contribution in [3.8, 4) is 23.0 Å². The lowest BCUT2D eigenvalue weighted by molar-refractivity contribution is 0.0880. The molecule has 6 nitrogen and oxygen atoms in total. The Kier molecular flexibility index (Phi) is 5.42. The number of ether oxygens (including phenoxy) is 4. The molecule has 0 saturated heterocycles. The molecule has 0 unspecified atom stereocenters. The van der Waals surface area contributed by atoms with Gasteiger partial charge in [-0.05, 0) is 24.3 Å². The minimum Gasteiger partial charge on any atom is -0.486 e. The molecule has 0 aromatic heterocycles. The Labute approximate surface area is 153 Å². The molecule has 4 rings (SSSR count). The van der Waals surface area contributed by atoms with E-state index in [1.165, 1.54) is 0 Å². The SMILES string of the molecule is c1ccc2c(c1)OC[C@@H](CNCCNC[C@H]1COc3ccccc3O1)O2. The van der Waals surface area contributed by atoms with Crippen molar-refractivity contribution < 1.29 is 18.9 Å². The van der Waals surface area contributed by atoms with Gasteiger partial charge in [-0.2, -0.15) is 0 Å². The highest BCUT2D eigenvalue weighted by Crippen LogP contribution is 2.31. The van der Waals surface area contributed by atoms with Crippen LogP contribution in [-0.2, 0) is 0 Å². The molecule has 138 valence electrons. The van der Waals surface area contributed by atoms with Gasteiger partial charge in [0.1, 0.15) is 25.4 Å². The Morgan fingerprint density at radius 3 is 1.54 bits per heavy atom. The van der Waals surface area contributed by atoms with Gasteiger partial charge in [-0.1, -0.05) is 24.3 Å². The fourth-order valence-electron chi connectivity index (χ4n) is 3.03. The van der Waals surface area contributed by atoms with Crippen LogP contribution < -0.4 is 29.6 Å². The van der Waals surface area contributed by atoms with E-state index in [0.717, 1.165) is 49.2 Å². The third kappa shape index (κ3) is 4.20. The van der Waals surface area contributed by atoms with Gasteiger partial charge < -0.3 is 29.6 Å². The van der Waals surface area contributed by atoms with Crippen molar-refractivity contribution in [1.29, 1.82) is 0 Å². The molecule has 2 aliphatic heterocycles. The summed E-state index contributed by atoms with van der Waals surface area (Å²) in [6.07, 6.45) is 0.0768. The fourth-order valence-corrected chi connectivity index (χ4v) is 3.03. The smallest absolute Gasteiger partial charge is 0.161 e. The van der Waals surface area contributed by atoms with E-state index in [4.69, 9.17) is 18.9 Å². The zero-order chi connectivity index (χ0) is 17.6. The molecule has 0 amide bonds. The van der Waals surface area contributed by atoms with Crippen molar-refractivity contribution in [3.05, 3.63) is 48.5 Å². The number of nitrogens with one attached hydrogen (secondary N) is 2. The van der Waals surface area contributed by atoms with Crippen LogP contribution in [0.25, 0.3) is 0 Å². The lowest BCUT2D eigenvalue weighted by Gasteiger charge is -2.27. The molecule has 26 heavy (non-hydrogen) atoms. The molecular formula is C20H24N2O4. The Bertz CT molecular complexity index is 663. The molecule has 2 aliphatic rings. The van der Waals surface area contributed by atoms with Crippen molar-refractivity contribution in [2.24, 2.45) is 0 Å². The van der Waals surface area contributed by atoms with E-state index < -0.39 is 0 Å². The van der Waals surface area contributed by atoms with Crippen molar-refractivity contribution in [2.45, 2.75) is 12.2 Å². The van der Waals surface area contributed by atoms with Gasteiger partial charge >= 0.3 is 0 Å². The Hall–Kier alpha value is -2.44. The maximum Gasteiger partial charge on any atom is 0.161 e. The van der Waals surface area contributed by atoms with Crippen LogP contribution in [0.3, 0.4) is 0 Å². The van der Waals surface area contributed by atoms with Crippen LogP contribution in [0.15, 0.2) is 48.5 Å². The Morgan fingerprint density at radius 2 is 1.08 bits per heavy atom. The highest BCUT2D eigenvalue weighted by atomic mass is 16.6. The summed E-state index contributed by atoms with van der Waals surface area (Å²) in [5.41, 5.74) is 0. The van der Waals surface area contributed by atoms with Gasteiger partial charge in [0.25, 0.3) is 0 Å². The number of rotatable bonds is 7. The first-order valence-corrected chi connectivity index (χ1v) is 9.07. The summed E-state index contributed by atoms with van der Waals surface area (Å²) in [6.45, 7) is 4.37. The third-order valence-electron chi connectivity index (χ3n) is 4.36. The molecule has 6 heteroatoms. The van der Waals surface area contributed by atoms with Crippen LogP contribution >= 0.6 is 0 Å². The molecule has 2 aromatic carbocycles. The monoisotopic (exact) mass is 356 g/mol. The molecule has 0 radical (unpaired) electrons. The van der Waals surface area contributed by atoms with E-state index >= 15 is 0 Å². The maximum atomic E-state index is 5.92. The molecule has 2 heterocycles. The number of benzene rings is 2. The first kappa shape index (κ1) is 17.0. The molecule has 0 saturated carbocycles. The summed E-state index contributed by atoms with van der Waals surface area (Å²) in [5, 5.41) is 6.80. The number of fused-ring (bicyclic) bond motifs is 2. The molecule has 0 aliphatic carbocycles. The molecule has 2 atom stereocenters. The van der Waals surface area contributed by atoms with E-state index in [1.54, 1.807) is 0 Å². The number of para-hydroxylation sites is 4. The molecule has 2 aromatic rings. The second kappa shape index (κ2) is 8.29. The Balaban J connectivity index is 1.10. The van der Waals surface area contributed by atoms with Crippen LogP contribution in [0.4, 0.5) is 0 Å². The largest absolute Gasteiger partial charge is 0.486 e. The topological polar surface area (TPSA) is 61.0 Å². The summed E-state index contributed by atoms with van der Waals surface area (Å²) in [6, 6.07) is 15.5. The first-order valence-electron chi connectivity index (χ1n) is 9.07. The molecule has 2 N–H and O–H groups in total. The van der Waals surface area contributed by atoms with Gasteiger partial charge in [0.15, 0.2) is 23.0 Å².